The van der Waals surface area contributed by atoms with Gasteiger partial charge in [0.2, 0.25) is 0 Å². The highest BCUT2D eigenvalue weighted by Gasteiger charge is 2.14. The van der Waals surface area contributed by atoms with Crippen molar-refractivity contribution in [2.75, 3.05) is 33.4 Å². The van der Waals surface area contributed by atoms with Gasteiger partial charge in [-0.2, -0.15) is 5.10 Å². The van der Waals surface area contributed by atoms with E-state index in [-0.39, 0.29) is 12.5 Å². The molecule has 7 nitrogen and oxygen atoms in total. The molecule has 1 fully saturated rings. The average molecular weight is 607 g/mol. The fraction of sp³-hybridized carbons (Fsp3) is 0.259. The van der Waals surface area contributed by atoms with Crippen molar-refractivity contribution in [2.24, 2.45) is 5.10 Å². The molecule has 10 heteroatoms. The zero-order chi connectivity index (χ0) is 26.2. The van der Waals surface area contributed by atoms with E-state index in [2.05, 4.69) is 31.4 Å². The maximum atomic E-state index is 12.5. The Hall–Kier alpha value is -2.62. The van der Waals surface area contributed by atoms with Crippen molar-refractivity contribution in [1.82, 2.24) is 10.3 Å². The number of amides is 1. The van der Waals surface area contributed by atoms with Gasteiger partial charge in [0, 0.05) is 40.8 Å². The van der Waals surface area contributed by atoms with Gasteiger partial charge in [-0.3, -0.25) is 9.69 Å². The first kappa shape index (κ1) is 27.4. The van der Waals surface area contributed by atoms with Gasteiger partial charge < -0.3 is 14.2 Å². The third kappa shape index (κ3) is 7.69. The molecule has 194 valence electrons. The van der Waals surface area contributed by atoms with Gasteiger partial charge in [0.25, 0.3) is 5.91 Å². The second kappa shape index (κ2) is 13.3. The van der Waals surface area contributed by atoms with Crippen LogP contribution in [0.1, 0.15) is 27.0 Å². The van der Waals surface area contributed by atoms with Crippen molar-refractivity contribution in [2.45, 2.75) is 13.2 Å². The molecule has 0 spiro atoms. The summed E-state index contributed by atoms with van der Waals surface area (Å²) in [6.45, 7) is 4.43. The lowest BCUT2D eigenvalue weighted by Crippen LogP contribution is -2.35. The number of benzene rings is 3. The van der Waals surface area contributed by atoms with E-state index < -0.39 is 0 Å². The number of carbonyl (C=O) groups is 1. The first-order valence-corrected chi connectivity index (χ1v) is 13.1. The molecule has 0 bridgehead atoms. The number of hydrogen-bond donors (Lipinski definition) is 1. The van der Waals surface area contributed by atoms with Crippen LogP contribution in [0.4, 0.5) is 0 Å². The summed E-state index contributed by atoms with van der Waals surface area (Å²) in [6.07, 6.45) is 1.54. The normalized spacial score (nSPS) is 14.1. The largest absolute Gasteiger partial charge is 0.493 e. The lowest BCUT2D eigenvalue weighted by atomic mass is 10.1. The molecule has 1 heterocycles. The second-order valence-electron chi connectivity index (χ2n) is 8.34. The van der Waals surface area contributed by atoms with Gasteiger partial charge in [-0.25, -0.2) is 5.43 Å². The Kier molecular flexibility index (Phi) is 9.82. The first-order chi connectivity index (χ1) is 17.9. The third-order valence-electron chi connectivity index (χ3n) is 5.74. The highest BCUT2D eigenvalue weighted by Crippen LogP contribution is 2.37. The van der Waals surface area contributed by atoms with Gasteiger partial charge in [-0.1, -0.05) is 41.4 Å². The molecule has 1 N–H and O–H groups in total. The van der Waals surface area contributed by atoms with Crippen LogP contribution in [0, 0.1) is 0 Å². The topological polar surface area (TPSA) is 72.4 Å². The molecule has 1 aliphatic heterocycles. The first-order valence-electron chi connectivity index (χ1n) is 11.6. The standard InChI is InChI=1S/C27H26BrCl2N3O4/c1-35-25-13-19(12-23(28)26(25)37-17-21-6-7-22(29)14-24(21)30)15-31-32-27(34)20-4-2-18(3-5-20)16-33-8-10-36-11-9-33/h2-7,12-15H,8-11,16-17H2,1H3,(H,32,34)/b31-15-. The van der Waals surface area contributed by atoms with E-state index in [0.717, 1.165) is 44.0 Å². The maximum absolute atomic E-state index is 12.5. The number of rotatable bonds is 9. The lowest BCUT2D eigenvalue weighted by molar-refractivity contribution is 0.0342. The van der Waals surface area contributed by atoms with E-state index in [4.69, 9.17) is 37.4 Å². The molecule has 1 aliphatic rings. The number of nitrogens with zero attached hydrogens (tertiary/aromatic N) is 2. The van der Waals surface area contributed by atoms with E-state index in [1.807, 2.05) is 24.3 Å². The molecule has 0 radical (unpaired) electrons. The number of ether oxygens (including phenoxy) is 3. The molecular formula is C27H26BrCl2N3O4. The minimum Gasteiger partial charge on any atom is -0.493 e. The van der Waals surface area contributed by atoms with Crippen LogP contribution in [0.2, 0.25) is 10.0 Å². The monoisotopic (exact) mass is 605 g/mol. The number of carbonyl (C=O) groups excluding carboxylic acids is 1. The summed E-state index contributed by atoms with van der Waals surface area (Å²) in [4.78, 5) is 14.9. The van der Waals surface area contributed by atoms with Crippen molar-refractivity contribution < 1.29 is 19.0 Å². The molecule has 0 aromatic heterocycles. The fourth-order valence-corrected chi connectivity index (χ4v) is 4.79. The minimum absolute atomic E-state index is 0.236. The highest BCUT2D eigenvalue weighted by molar-refractivity contribution is 9.10. The van der Waals surface area contributed by atoms with E-state index in [9.17, 15) is 4.79 Å². The highest BCUT2D eigenvalue weighted by atomic mass is 79.9. The number of hydrogen-bond acceptors (Lipinski definition) is 6. The van der Waals surface area contributed by atoms with Crippen molar-refractivity contribution in [3.8, 4) is 11.5 Å². The third-order valence-corrected chi connectivity index (χ3v) is 6.92. The molecular weight excluding hydrogens is 581 g/mol. The zero-order valence-corrected chi connectivity index (χ0v) is 23.3. The van der Waals surface area contributed by atoms with Gasteiger partial charge in [0.15, 0.2) is 11.5 Å². The van der Waals surface area contributed by atoms with Crippen molar-refractivity contribution >= 4 is 51.3 Å². The smallest absolute Gasteiger partial charge is 0.271 e. The van der Waals surface area contributed by atoms with Gasteiger partial charge >= 0.3 is 0 Å². The van der Waals surface area contributed by atoms with Gasteiger partial charge in [-0.15, -0.1) is 0 Å². The van der Waals surface area contributed by atoms with E-state index >= 15 is 0 Å². The quantitative estimate of drug-likeness (QED) is 0.241. The van der Waals surface area contributed by atoms with Gasteiger partial charge in [0.1, 0.15) is 6.61 Å². The van der Waals surface area contributed by atoms with Crippen LogP contribution in [0.5, 0.6) is 11.5 Å². The Bertz CT molecular complexity index is 1270. The minimum atomic E-state index is -0.292. The molecule has 37 heavy (non-hydrogen) atoms. The number of hydrazone groups is 1. The molecule has 0 atom stereocenters. The van der Waals surface area contributed by atoms with Crippen LogP contribution in [0.15, 0.2) is 64.2 Å². The van der Waals surface area contributed by atoms with E-state index in [1.54, 1.807) is 37.4 Å². The molecule has 0 unspecified atom stereocenters. The predicted octanol–water partition coefficient (Wildman–Crippen LogP) is 5.94. The molecule has 1 amide bonds. The summed E-state index contributed by atoms with van der Waals surface area (Å²) in [5.41, 5.74) is 5.76. The second-order valence-corrected chi connectivity index (χ2v) is 10.0. The van der Waals surface area contributed by atoms with E-state index in [0.29, 0.717) is 37.1 Å². The van der Waals surface area contributed by atoms with E-state index in [1.165, 1.54) is 6.21 Å². The Morgan fingerprint density at radius 2 is 1.89 bits per heavy atom. The number of nitrogens with one attached hydrogen (secondary N) is 1. The fourth-order valence-electron chi connectivity index (χ4n) is 3.75. The molecule has 0 aliphatic carbocycles. The van der Waals surface area contributed by atoms with Crippen LogP contribution in [-0.2, 0) is 17.9 Å². The predicted molar refractivity (Wildman–Crippen MR) is 149 cm³/mol. The van der Waals surface area contributed by atoms with Crippen LogP contribution >= 0.6 is 39.1 Å². The summed E-state index contributed by atoms with van der Waals surface area (Å²) >= 11 is 15.7. The van der Waals surface area contributed by atoms with Crippen LogP contribution in [0.3, 0.4) is 0 Å². The lowest BCUT2D eigenvalue weighted by Gasteiger charge is -2.26. The van der Waals surface area contributed by atoms with Crippen molar-refractivity contribution in [3.63, 3.8) is 0 Å². The summed E-state index contributed by atoms with van der Waals surface area (Å²) in [5, 5.41) is 5.18. The number of morpholine rings is 1. The van der Waals surface area contributed by atoms with Crippen molar-refractivity contribution in [1.29, 1.82) is 0 Å². The average Bonchev–Trinajstić information content (AvgIpc) is 2.89. The molecule has 3 aromatic rings. The Labute approximate surface area is 234 Å². The number of halogens is 3. The number of methoxy groups -OCH3 is 1. The summed E-state index contributed by atoms with van der Waals surface area (Å²) in [6, 6.07) is 16.4. The van der Waals surface area contributed by atoms with Gasteiger partial charge in [0.05, 0.1) is 31.0 Å². The zero-order valence-electron chi connectivity index (χ0n) is 20.2. The van der Waals surface area contributed by atoms with Gasteiger partial charge in [-0.05, 0) is 63.5 Å². The van der Waals surface area contributed by atoms with Crippen LogP contribution in [0.25, 0.3) is 0 Å². The molecule has 3 aromatic carbocycles. The Morgan fingerprint density at radius 1 is 1.14 bits per heavy atom. The summed E-state index contributed by atoms with van der Waals surface area (Å²) in [7, 11) is 1.55. The molecule has 0 saturated carbocycles. The summed E-state index contributed by atoms with van der Waals surface area (Å²) < 4.78 is 17.5. The van der Waals surface area contributed by atoms with Crippen molar-refractivity contribution in [3.05, 3.63) is 91.4 Å². The Morgan fingerprint density at radius 3 is 2.59 bits per heavy atom. The summed E-state index contributed by atoms with van der Waals surface area (Å²) in [5.74, 6) is 0.731. The van der Waals surface area contributed by atoms with Crippen LogP contribution < -0.4 is 14.9 Å². The SMILES string of the molecule is COc1cc(/C=N\NC(=O)c2ccc(CN3CCOCC3)cc2)cc(Br)c1OCc1ccc(Cl)cc1Cl. The Balaban J connectivity index is 1.35. The molecule has 4 rings (SSSR count). The molecule has 1 saturated heterocycles. The van der Waals surface area contributed by atoms with Crippen LogP contribution in [-0.4, -0.2) is 50.4 Å². The maximum Gasteiger partial charge on any atom is 0.271 e.